The van der Waals surface area contributed by atoms with E-state index in [1.165, 1.54) is 0 Å². The van der Waals surface area contributed by atoms with Crippen molar-refractivity contribution >= 4 is 5.69 Å². The van der Waals surface area contributed by atoms with Crippen LogP contribution < -0.4 is 5.73 Å². The van der Waals surface area contributed by atoms with E-state index >= 15 is 0 Å². The summed E-state index contributed by atoms with van der Waals surface area (Å²) >= 11 is 0. The molecule has 3 N–H and O–H groups in total. The molecule has 0 atom stereocenters. The van der Waals surface area contributed by atoms with Gasteiger partial charge in [0.05, 0.1) is 23.3 Å². The Bertz CT molecular complexity index is 485. The van der Waals surface area contributed by atoms with Gasteiger partial charge in [0.15, 0.2) is 0 Å². The van der Waals surface area contributed by atoms with Gasteiger partial charge in [0.25, 0.3) is 0 Å². The molecule has 1 aromatic heterocycles. The Labute approximate surface area is 94.3 Å². The average molecular weight is 217 g/mol. The number of aromatic hydroxyl groups is 1. The number of aromatic nitrogens is 2. The summed E-state index contributed by atoms with van der Waals surface area (Å²) in [6.07, 6.45) is 1.79. The Morgan fingerprint density at radius 2 is 1.88 bits per heavy atom. The highest BCUT2D eigenvalue weighted by molar-refractivity contribution is 5.46. The molecule has 0 fully saturated rings. The monoisotopic (exact) mass is 217 g/mol. The van der Waals surface area contributed by atoms with E-state index < -0.39 is 0 Å². The Morgan fingerprint density at radius 1 is 1.25 bits per heavy atom. The number of hydrogen-bond acceptors (Lipinski definition) is 3. The summed E-state index contributed by atoms with van der Waals surface area (Å²) in [6.45, 7) is 4.11. The van der Waals surface area contributed by atoms with Gasteiger partial charge in [-0.25, -0.2) is 4.68 Å². The molecule has 1 heterocycles. The molecular formula is C12H15N3O. The minimum atomic E-state index is 0.243. The molecule has 0 saturated carbocycles. The maximum Gasteiger partial charge on any atom is 0.115 e. The zero-order chi connectivity index (χ0) is 11.7. The second kappa shape index (κ2) is 3.89. The number of rotatable bonds is 2. The topological polar surface area (TPSA) is 64.1 Å². The highest BCUT2D eigenvalue weighted by Crippen LogP contribution is 2.22. The van der Waals surface area contributed by atoms with Gasteiger partial charge in [-0.2, -0.15) is 5.10 Å². The molecule has 4 heteroatoms. The molecule has 0 aliphatic carbocycles. The molecule has 0 amide bonds. The van der Waals surface area contributed by atoms with Gasteiger partial charge in [-0.05, 0) is 30.2 Å². The fourth-order valence-corrected chi connectivity index (χ4v) is 1.59. The Kier molecular flexibility index (Phi) is 2.56. The second-order valence-electron chi connectivity index (χ2n) is 4.09. The number of anilines is 1. The molecule has 2 aromatic rings. The van der Waals surface area contributed by atoms with Gasteiger partial charge >= 0.3 is 0 Å². The van der Waals surface area contributed by atoms with Crippen molar-refractivity contribution in [3.05, 3.63) is 36.2 Å². The molecule has 0 aliphatic rings. The molecule has 16 heavy (non-hydrogen) atoms. The van der Waals surface area contributed by atoms with E-state index in [-0.39, 0.29) is 5.75 Å². The number of nitrogen functional groups attached to an aromatic ring is 1. The van der Waals surface area contributed by atoms with E-state index in [2.05, 4.69) is 18.9 Å². The van der Waals surface area contributed by atoms with Crippen LogP contribution >= 0.6 is 0 Å². The molecule has 2 rings (SSSR count). The van der Waals surface area contributed by atoms with Crippen LogP contribution in [0.4, 0.5) is 5.69 Å². The van der Waals surface area contributed by atoms with Gasteiger partial charge in [0, 0.05) is 0 Å². The van der Waals surface area contributed by atoms with E-state index in [4.69, 9.17) is 5.73 Å². The van der Waals surface area contributed by atoms with Crippen molar-refractivity contribution in [2.24, 2.45) is 0 Å². The molecule has 0 bridgehead atoms. The number of phenols is 1. The smallest absolute Gasteiger partial charge is 0.115 e. The van der Waals surface area contributed by atoms with Gasteiger partial charge in [-0.15, -0.1) is 0 Å². The van der Waals surface area contributed by atoms with E-state index in [0.29, 0.717) is 11.6 Å². The lowest BCUT2D eigenvalue weighted by atomic mass is 10.1. The number of benzene rings is 1. The third-order valence-electron chi connectivity index (χ3n) is 2.43. The minimum Gasteiger partial charge on any atom is -0.508 e. The largest absolute Gasteiger partial charge is 0.508 e. The van der Waals surface area contributed by atoms with Gasteiger partial charge in [-0.1, -0.05) is 13.8 Å². The third kappa shape index (κ3) is 1.86. The normalized spacial score (nSPS) is 10.9. The minimum absolute atomic E-state index is 0.243. The van der Waals surface area contributed by atoms with Crippen LogP contribution in [0.5, 0.6) is 5.75 Å². The molecular weight excluding hydrogens is 202 g/mol. The Balaban J connectivity index is 2.41. The van der Waals surface area contributed by atoms with Gasteiger partial charge in [-0.3, -0.25) is 0 Å². The van der Waals surface area contributed by atoms with Gasteiger partial charge in [0.1, 0.15) is 5.75 Å². The standard InChI is InChI=1S/C12H15N3O/c1-8(2)12-11(13)7-15(14-12)9-3-5-10(16)6-4-9/h3-8,16H,13H2,1-2H3. The Morgan fingerprint density at radius 3 is 2.38 bits per heavy atom. The van der Waals surface area contributed by atoms with Gasteiger partial charge < -0.3 is 10.8 Å². The highest BCUT2D eigenvalue weighted by atomic mass is 16.3. The first-order valence-electron chi connectivity index (χ1n) is 5.22. The van der Waals surface area contributed by atoms with Crippen molar-refractivity contribution in [2.45, 2.75) is 19.8 Å². The molecule has 4 nitrogen and oxygen atoms in total. The summed E-state index contributed by atoms with van der Waals surface area (Å²) in [4.78, 5) is 0. The second-order valence-corrected chi connectivity index (χ2v) is 4.09. The van der Waals surface area contributed by atoms with Crippen LogP contribution in [0.1, 0.15) is 25.5 Å². The summed E-state index contributed by atoms with van der Waals surface area (Å²) in [7, 11) is 0. The molecule has 1 aromatic carbocycles. The van der Waals surface area contributed by atoms with E-state index in [0.717, 1.165) is 11.4 Å². The average Bonchev–Trinajstić information content (AvgIpc) is 2.61. The van der Waals surface area contributed by atoms with Crippen LogP contribution in [0, 0.1) is 0 Å². The summed E-state index contributed by atoms with van der Waals surface area (Å²) in [5, 5.41) is 13.6. The fourth-order valence-electron chi connectivity index (χ4n) is 1.59. The van der Waals surface area contributed by atoms with Crippen molar-refractivity contribution in [1.29, 1.82) is 0 Å². The van der Waals surface area contributed by atoms with Crippen molar-refractivity contribution in [1.82, 2.24) is 9.78 Å². The lowest BCUT2D eigenvalue weighted by Crippen LogP contribution is -1.97. The predicted molar refractivity (Wildman–Crippen MR) is 63.7 cm³/mol. The maximum atomic E-state index is 9.20. The van der Waals surface area contributed by atoms with Crippen molar-refractivity contribution in [3.63, 3.8) is 0 Å². The quantitative estimate of drug-likeness (QED) is 0.811. The van der Waals surface area contributed by atoms with E-state index in [1.54, 1.807) is 35.1 Å². The van der Waals surface area contributed by atoms with Crippen molar-refractivity contribution in [3.8, 4) is 11.4 Å². The number of nitrogens with zero attached hydrogens (tertiary/aromatic N) is 2. The predicted octanol–water partition coefficient (Wildman–Crippen LogP) is 2.28. The SMILES string of the molecule is CC(C)c1nn(-c2ccc(O)cc2)cc1N. The lowest BCUT2D eigenvalue weighted by molar-refractivity contribution is 0.475. The van der Waals surface area contributed by atoms with Crippen LogP contribution in [0.25, 0.3) is 5.69 Å². The van der Waals surface area contributed by atoms with Crippen LogP contribution in [-0.4, -0.2) is 14.9 Å². The van der Waals surface area contributed by atoms with E-state index in [1.807, 2.05) is 0 Å². The van der Waals surface area contributed by atoms with Gasteiger partial charge in [0.2, 0.25) is 0 Å². The van der Waals surface area contributed by atoms with Crippen molar-refractivity contribution < 1.29 is 5.11 Å². The molecule has 0 unspecified atom stereocenters. The van der Waals surface area contributed by atoms with Crippen LogP contribution in [-0.2, 0) is 0 Å². The fraction of sp³-hybridized carbons (Fsp3) is 0.250. The first kappa shape index (κ1) is 10.5. The third-order valence-corrected chi connectivity index (χ3v) is 2.43. The molecule has 0 saturated heterocycles. The summed E-state index contributed by atoms with van der Waals surface area (Å²) in [5.41, 5.74) is 8.36. The van der Waals surface area contributed by atoms with Crippen LogP contribution in [0.15, 0.2) is 30.5 Å². The number of nitrogens with two attached hydrogens (primary N) is 1. The summed E-state index contributed by atoms with van der Waals surface area (Å²) in [6, 6.07) is 6.85. The Hall–Kier alpha value is -1.97. The van der Waals surface area contributed by atoms with Crippen LogP contribution in [0.3, 0.4) is 0 Å². The number of hydrogen-bond donors (Lipinski definition) is 2. The maximum absolute atomic E-state index is 9.20. The van der Waals surface area contributed by atoms with Crippen molar-refractivity contribution in [2.75, 3.05) is 5.73 Å². The molecule has 84 valence electrons. The van der Waals surface area contributed by atoms with E-state index in [9.17, 15) is 5.11 Å². The summed E-state index contributed by atoms with van der Waals surface area (Å²) in [5.74, 6) is 0.548. The molecule has 0 spiro atoms. The summed E-state index contributed by atoms with van der Waals surface area (Å²) < 4.78 is 1.73. The first-order chi connectivity index (χ1) is 7.58. The first-order valence-corrected chi connectivity index (χ1v) is 5.22. The molecule has 0 aliphatic heterocycles. The lowest BCUT2D eigenvalue weighted by Gasteiger charge is -2.02. The highest BCUT2D eigenvalue weighted by Gasteiger charge is 2.10. The number of phenolic OH excluding ortho intramolecular Hbond substituents is 1. The molecule has 0 radical (unpaired) electrons. The van der Waals surface area contributed by atoms with Crippen LogP contribution in [0.2, 0.25) is 0 Å². The zero-order valence-corrected chi connectivity index (χ0v) is 9.38. The zero-order valence-electron chi connectivity index (χ0n) is 9.38.